The average molecular weight is 302 g/mol. The molecule has 0 aromatic carbocycles. The van der Waals surface area contributed by atoms with Crippen molar-refractivity contribution in [3.8, 4) is 0 Å². The van der Waals surface area contributed by atoms with E-state index in [-0.39, 0.29) is 25.6 Å². The van der Waals surface area contributed by atoms with E-state index < -0.39 is 19.2 Å². The Labute approximate surface area is 118 Å². The highest BCUT2D eigenvalue weighted by atomic mass is 31.2. The molecule has 112 valence electrons. The summed E-state index contributed by atoms with van der Waals surface area (Å²) in [5.41, 5.74) is -1.27. The van der Waals surface area contributed by atoms with Gasteiger partial charge in [-0.2, -0.15) is 0 Å². The van der Waals surface area contributed by atoms with E-state index >= 15 is 0 Å². The first-order valence-corrected chi connectivity index (χ1v) is 8.02. The molecule has 1 rings (SSSR count). The van der Waals surface area contributed by atoms with Crippen LogP contribution in [-0.4, -0.2) is 35.8 Å². The molecule has 1 atom stereocenters. The van der Waals surface area contributed by atoms with Gasteiger partial charge in [-0.25, -0.2) is 9.97 Å². The summed E-state index contributed by atoms with van der Waals surface area (Å²) in [5.74, 6) is -0.653. The predicted molar refractivity (Wildman–Crippen MR) is 72.3 cm³/mol. The lowest BCUT2D eigenvalue weighted by Gasteiger charge is -2.23. The maximum absolute atomic E-state index is 12.8. The van der Waals surface area contributed by atoms with E-state index in [4.69, 9.17) is 13.8 Å². The Morgan fingerprint density at radius 2 is 1.70 bits per heavy atom. The molecule has 0 radical (unpaired) electrons. The van der Waals surface area contributed by atoms with Crippen LogP contribution in [0, 0.1) is 0 Å². The second-order valence-electron chi connectivity index (χ2n) is 3.64. The Bertz CT molecular complexity index is 458. The van der Waals surface area contributed by atoms with Crippen molar-refractivity contribution in [1.82, 2.24) is 9.97 Å². The molecular weight excluding hydrogens is 283 g/mol. The largest absolute Gasteiger partial charge is 0.465 e. The Balaban J connectivity index is 3.21. The van der Waals surface area contributed by atoms with Gasteiger partial charge in [-0.05, 0) is 26.8 Å². The second-order valence-corrected chi connectivity index (χ2v) is 5.75. The molecule has 0 amide bonds. The highest BCUT2D eigenvalue weighted by molar-refractivity contribution is 7.55. The summed E-state index contributed by atoms with van der Waals surface area (Å²) in [4.78, 5) is 20.0. The minimum atomic E-state index is -3.74. The van der Waals surface area contributed by atoms with Crippen molar-refractivity contribution >= 4 is 13.6 Å². The average Bonchev–Trinajstić information content (AvgIpc) is 2.40. The normalized spacial score (nSPS) is 12.9. The molecule has 0 N–H and O–H groups in total. The van der Waals surface area contributed by atoms with E-state index in [9.17, 15) is 9.36 Å². The first kappa shape index (κ1) is 16.8. The zero-order valence-electron chi connectivity index (χ0n) is 11.8. The highest BCUT2D eigenvalue weighted by Crippen LogP contribution is 2.60. The van der Waals surface area contributed by atoms with Crippen molar-refractivity contribution in [2.24, 2.45) is 0 Å². The molecule has 0 saturated carbocycles. The lowest BCUT2D eigenvalue weighted by atomic mass is 10.4. The molecule has 7 nitrogen and oxygen atoms in total. The van der Waals surface area contributed by atoms with Crippen LogP contribution in [0.3, 0.4) is 0 Å². The summed E-state index contributed by atoms with van der Waals surface area (Å²) in [5, 5.41) is 0. The number of hydrogen-bond acceptors (Lipinski definition) is 7. The van der Waals surface area contributed by atoms with Crippen LogP contribution in [0.5, 0.6) is 0 Å². The van der Waals surface area contributed by atoms with Crippen molar-refractivity contribution in [3.05, 3.63) is 24.3 Å². The fourth-order valence-electron chi connectivity index (χ4n) is 1.60. The first-order chi connectivity index (χ1) is 9.59. The van der Waals surface area contributed by atoms with Crippen LogP contribution in [0.25, 0.3) is 0 Å². The number of esters is 1. The predicted octanol–water partition coefficient (Wildman–Crippen LogP) is 2.35. The smallest absolute Gasteiger partial charge is 0.352 e. The maximum atomic E-state index is 12.8. The lowest BCUT2D eigenvalue weighted by molar-refractivity contribution is -0.143. The van der Waals surface area contributed by atoms with Gasteiger partial charge in [-0.1, -0.05) is 0 Å². The number of rotatable bonds is 8. The molecule has 1 unspecified atom stereocenters. The van der Waals surface area contributed by atoms with Crippen molar-refractivity contribution < 1.29 is 23.1 Å². The van der Waals surface area contributed by atoms with Gasteiger partial charge in [-0.15, -0.1) is 0 Å². The van der Waals surface area contributed by atoms with Gasteiger partial charge in [0.15, 0.2) is 5.82 Å². The van der Waals surface area contributed by atoms with Gasteiger partial charge in [0.25, 0.3) is 0 Å². The van der Waals surface area contributed by atoms with Crippen molar-refractivity contribution in [3.63, 3.8) is 0 Å². The number of carbonyl (C=O) groups is 1. The SMILES string of the molecule is CCOC(=O)C(c1ncccn1)P(=O)(OCC)OCC. The molecule has 0 fully saturated rings. The van der Waals surface area contributed by atoms with E-state index in [2.05, 4.69) is 9.97 Å². The molecule has 0 aliphatic carbocycles. The van der Waals surface area contributed by atoms with Crippen molar-refractivity contribution in [1.29, 1.82) is 0 Å². The molecule has 0 aliphatic heterocycles. The maximum Gasteiger partial charge on any atom is 0.352 e. The van der Waals surface area contributed by atoms with Gasteiger partial charge in [0, 0.05) is 12.4 Å². The van der Waals surface area contributed by atoms with Gasteiger partial charge in [0.2, 0.25) is 5.66 Å². The quantitative estimate of drug-likeness (QED) is 0.538. The third kappa shape index (κ3) is 4.10. The number of nitrogens with zero attached hydrogens (tertiary/aromatic N) is 2. The molecule has 0 saturated heterocycles. The third-order valence-corrected chi connectivity index (χ3v) is 4.58. The van der Waals surface area contributed by atoms with Crippen LogP contribution in [0.1, 0.15) is 32.3 Å². The Kier molecular flexibility index (Phi) is 6.78. The summed E-state index contributed by atoms with van der Waals surface area (Å²) in [7, 11) is -3.74. The van der Waals surface area contributed by atoms with E-state index in [1.165, 1.54) is 12.4 Å². The van der Waals surface area contributed by atoms with Crippen LogP contribution in [0.2, 0.25) is 0 Å². The summed E-state index contributed by atoms with van der Waals surface area (Å²) in [6.07, 6.45) is 2.91. The van der Waals surface area contributed by atoms with E-state index in [0.717, 1.165) is 0 Å². The van der Waals surface area contributed by atoms with E-state index in [0.29, 0.717) is 0 Å². The fourth-order valence-corrected chi connectivity index (χ4v) is 3.44. The van der Waals surface area contributed by atoms with Crippen LogP contribution >= 0.6 is 7.60 Å². The molecular formula is C12H19N2O5P. The Hall–Kier alpha value is -1.30. The molecule has 8 heteroatoms. The zero-order valence-corrected chi connectivity index (χ0v) is 12.7. The molecule has 0 spiro atoms. The molecule has 20 heavy (non-hydrogen) atoms. The van der Waals surface area contributed by atoms with Gasteiger partial charge in [0.05, 0.1) is 19.8 Å². The monoisotopic (exact) mass is 302 g/mol. The van der Waals surface area contributed by atoms with Crippen LogP contribution in [0.15, 0.2) is 18.5 Å². The Morgan fingerprint density at radius 3 is 2.15 bits per heavy atom. The summed E-state index contributed by atoms with van der Waals surface area (Å²) >= 11 is 0. The van der Waals surface area contributed by atoms with Crippen molar-refractivity contribution in [2.45, 2.75) is 26.4 Å². The Morgan fingerprint density at radius 1 is 1.15 bits per heavy atom. The summed E-state index contributed by atoms with van der Waals surface area (Å²) < 4.78 is 28.2. The van der Waals surface area contributed by atoms with Crippen LogP contribution in [0.4, 0.5) is 0 Å². The highest BCUT2D eigenvalue weighted by Gasteiger charge is 2.45. The van der Waals surface area contributed by atoms with E-state index in [1.807, 2.05) is 0 Å². The molecule has 1 heterocycles. The third-order valence-electron chi connectivity index (χ3n) is 2.27. The molecule has 0 bridgehead atoms. The number of aromatic nitrogens is 2. The van der Waals surface area contributed by atoms with Gasteiger partial charge in [0.1, 0.15) is 0 Å². The topological polar surface area (TPSA) is 87.6 Å². The van der Waals surface area contributed by atoms with Gasteiger partial charge in [-0.3, -0.25) is 9.36 Å². The summed E-state index contributed by atoms with van der Waals surface area (Å²) in [6.45, 7) is 5.42. The lowest BCUT2D eigenvalue weighted by Crippen LogP contribution is -2.21. The fraction of sp³-hybridized carbons (Fsp3) is 0.583. The van der Waals surface area contributed by atoms with Crippen molar-refractivity contribution in [2.75, 3.05) is 19.8 Å². The number of ether oxygens (including phenoxy) is 1. The van der Waals surface area contributed by atoms with Gasteiger partial charge < -0.3 is 13.8 Å². The molecule has 1 aromatic heterocycles. The standard InChI is InChI=1S/C12H19N2O5P/c1-4-17-12(15)10(11-13-8-7-9-14-11)20(16,18-5-2)19-6-3/h7-10H,4-6H2,1-3H3. The zero-order chi connectivity index (χ0) is 15.0. The van der Waals surface area contributed by atoms with E-state index in [1.54, 1.807) is 26.8 Å². The summed E-state index contributed by atoms with van der Waals surface area (Å²) in [6, 6.07) is 1.60. The number of hydrogen-bond donors (Lipinski definition) is 0. The number of carbonyl (C=O) groups excluding carboxylic acids is 1. The van der Waals surface area contributed by atoms with Crippen LogP contribution in [-0.2, 0) is 23.1 Å². The molecule has 0 aliphatic rings. The second kappa shape index (κ2) is 8.09. The molecule has 1 aromatic rings. The minimum absolute atomic E-state index is 0.0659. The first-order valence-electron chi connectivity index (χ1n) is 6.41. The minimum Gasteiger partial charge on any atom is -0.465 e. The van der Waals surface area contributed by atoms with Gasteiger partial charge >= 0.3 is 13.6 Å². The van der Waals surface area contributed by atoms with Crippen LogP contribution < -0.4 is 0 Å².